The van der Waals surface area contributed by atoms with Gasteiger partial charge in [-0.1, -0.05) is 23.4 Å². The Morgan fingerprint density at radius 1 is 1.26 bits per heavy atom. The Labute approximate surface area is 132 Å². The lowest BCUT2D eigenvalue weighted by Gasteiger charge is -2.18. The van der Waals surface area contributed by atoms with E-state index >= 15 is 0 Å². The quantitative estimate of drug-likeness (QED) is 0.834. The Morgan fingerprint density at radius 2 is 2.04 bits per heavy atom. The number of amides is 1. The van der Waals surface area contributed by atoms with Gasteiger partial charge in [0.2, 0.25) is 5.76 Å². The van der Waals surface area contributed by atoms with Gasteiger partial charge in [-0.25, -0.2) is 12.8 Å². The van der Waals surface area contributed by atoms with Crippen LogP contribution in [0.4, 0.5) is 4.39 Å². The monoisotopic (exact) mass is 338 g/mol. The van der Waals surface area contributed by atoms with E-state index in [1.54, 1.807) is 6.07 Å². The first-order valence-electron chi connectivity index (χ1n) is 7.15. The van der Waals surface area contributed by atoms with Crippen LogP contribution in [0.25, 0.3) is 0 Å². The van der Waals surface area contributed by atoms with Crippen LogP contribution in [-0.2, 0) is 9.84 Å². The minimum atomic E-state index is -3.55. The second-order valence-corrected chi connectivity index (χ2v) is 7.64. The van der Waals surface area contributed by atoms with Gasteiger partial charge in [-0.3, -0.25) is 4.79 Å². The van der Waals surface area contributed by atoms with E-state index in [0.717, 1.165) is 0 Å². The van der Waals surface area contributed by atoms with Crippen molar-refractivity contribution < 1.29 is 22.1 Å². The SMILES string of the molecule is O=C(c1ccno1)N1CCC(c2ccccc2F)S(=O)(=O)CC1. The lowest BCUT2D eigenvalue weighted by molar-refractivity contribution is 0.0724. The number of hydrogen-bond acceptors (Lipinski definition) is 5. The molecule has 1 aliphatic rings. The standard InChI is InChI=1S/C15H15FN2O4S/c16-12-4-2-1-3-11(12)14-6-8-18(9-10-23(14,20)21)15(19)13-5-7-17-22-13/h1-5,7,14H,6,8-10H2. The molecular formula is C15H15FN2O4S. The number of aromatic nitrogens is 1. The van der Waals surface area contributed by atoms with Gasteiger partial charge in [0.25, 0.3) is 5.91 Å². The fourth-order valence-corrected chi connectivity index (χ4v) is 4.52. The second kappa shape index (κ2) is 6.11. The average Bonchev–Trinajstić information content (AvgIpc) is 3.00. The molecule has 0 bridgehead atoms. The van der Waals surface area contributed by atoms with Crippen LogP contribution in [0.5, 0.6) is 0 Å². The van der Waals surface area contributed by atoms with Crippen molar-refractivity contribution in [3.05, 3.63) is 53.7 Å². The summed E-state index contributed by atoms with van der Waals surface area (Å²) in [6.07, 6.45) is 1.49. The predicted molar refractivity (Wildman–Crippen MR) is 80.0 cm³/mol. The number of carbonyl (C=O) groups excluding carboxylic acids is 1. The van der Waals surface area contributed by atoms with Gasteiger partial charge in [0.05, 0.1) is 17.2 Å². The maximum Gasteiger partial charge on any atom is 0.292 e. The molecule has 1 atom stereocenters. The third-order valence-electron chi connectivity index (χ3n) is 3.93. The number of hydrogen-bond donors (Lipinski definition) is 0. The minimum absolute atomic E-state index is 0.0484. The molecule has 0 saturated carbocycles. The van der Waals surface area contributed by atoms with Crippen LogP contribution >= 0.6 is 0 Å². The molecule has 0 N–H and O–H groups in total. The van der Waals surface area contributed by atoms with Gasteiger partial charge >= 0.3 is 0 Å². The molecule has 0 radical (unpaired) electrons. The highest BCUT2D eigenvalue weighted by Gasteiger charge is 2.34. The van der Waals surface area contributed by atoms with Crippen LogP contribution < -0.4 is 0 Å². The summed E-state index contributed by atoms with van der Waals surface area (Å²) in [6.45, 7) is 0.255. The van der Waals surface area contributed by atoms with Gasteiger partial charge in [0.1, 0.15) is 5.82 Å². The van der Waals surface area contributed by atoms with Crippen LogP contribution in [0.2, 0.25) is 0 Å². The lowest BCUT2D eigenvalue weighted by Crippen LogP contribution is -2.33. The minimum Gasteiger partial charge on any atom is -0.351 e. The smallest absolute Gasteiger partial charge is 0.292 e. The molecule has 1 amide bonds. The highest BCUT2D eigenvalue weighted by molar-refractivity contribution is 7.91. The summed E-state index contributed by atoms with van der Waals surface area (Å²) in [6, 6.07) is 7.27. The number of nitrogens with zero attached hydrogens (tertiary/aromatic N) is 2. The van der Waals surface area contributed by atoms with Crippen LogP contribution in [-0.4, -0.2) is 43.2 Å². The van der Waals surface area contributed by atoms with Gasteiger partial charge in [0, 0.05) is 24.7 Å². The van der Waals surface area contributed by atoms with E-state index in [-0.39, 0.29) is 36.6 Å². The zero-order valence-electron chi connectivity index (χ0n) is 12.2. The third kappa shape index (κ3) is 3.12. The van der Waals surface area contributed by atoms with Crippen LogP contribution in [0.15, 0.2) is 41.1 Å². The van der Waals surface area contributed by atoms with Crippen LogP contribution in [0.1, 0.15) is 27.8 Å². The van der Waals surface area contributed by atoms with Crippen molar-refractivity contribution in [2.45, 2.75) is 11.7 Å². The van der Waals surface area contributed by atoms with E-state index in [0.29, 0.717) is 0 Å². The zero-order valence-corrected chi connectivity index (χ0v) is 13.0. The van der Waals surface area contributed by atoms with E-state index in [1.807, 2.05) is 0 Å². The van der Waals surface area contributed by atoms with E-state index in [2.05, 4.69) is 5.16 Å². The predicted octanol–water partition coefficient (Wildman–Crippen LogP) is 1.82. The van der Waals surface area contributed by atoms with Crippen LogP contribution in [0, 0.1) is 5.82 Å². The van der Waals surface area contributed by atoms with Crippen molar-refractivity contribution >= 4 is 15.7 Å². The van der Waals surface area contributed by atoms with Gasteiger partial charge in [0.15, 0.2) is 9.84 Å². The summed E-state index contributed by atoms with van der Waals surface area (Å²) in [4.78, 5) is 13.7. The van der Waals surface area contributed by atoms with Gasteiger partial charge in [-0.2, -0.15) is 0 Å². The molecule has 1 aromatic heterocycles. The Bertz CT molecular complexity index is 805. The topological polar surface area (TPSA) is 80.5 Å². The Balaban J connectivity index is 1.86. The largest absolute Gasteiger partial charge is 0.351 e. The molecule has 8 heteroatoms. The molecule has 1 unspecified atom stereocenters. The van der Waals surface area contributed by atoms with Crippen LogP contribution in [0.3, 0.4) is 0 Å². The highest BCUT2D eigenvalue weighted by Crippen LogP contribution is 2.31. The molecule has 1 aromatic carbocycles. The Hall–Kier alpha value is -2.22. The van der Waals surface area contributed by atoms with Gasteiger partial charge < -0.3 is 9.42 Å². The first-order valence-corrected chi connectivity index (χ1v) is 8.86. The van der Waals surface area contributed by atoms with Crippen molar-refractivity contribution in [3.63, 3.8) is 0 Å². The van der Waals surface area contributed by atoms with Crippen molar-refractivity contribution in [1.29, 1.82) is 0 Å². The molecule has 1 saturated heterocycles. The molecular weight excluding hydrogens is 323 g/mol. The van der Waals surface area contributed by atoms with Crippen molar-refractivity contribution in [2.24, 2.45) is 0 Å². The molecule has 2 heterocycles. The summed E-state index contributed by atoms with van der Waals surface area (Å²) in [5.74, 6) is -1.11. The van der Waals surface area contributed by atoms with E-state index in [1.165, 1.54) is 35.4 Å². The molecule has 23 heavy (non-hydrogen) atoms. The number of benzene rings is 1. The van der Waals surface area contributed by atoms with Gasteiger partial charge in [-0.15, -0.1) is 0 Å². The molecule has 1 aliphatic heterocycles. The van der Waals surface area contributed by atoms with Crippen molar-refractivity contribution in [2.75, 3.05) is 18.8 Å². The first-order chi connectivity index (χ1) is 11.0. The molecule has 0 aliphatic carbocycles. The fraction of sp³-hybridized carbons (Fsp3) is 0.333. The maximum atomic E-state index is 14.0. The summed E-state index contributed by atoms with van der Waals surface area (Å²) >= 11 is 0. The average molecular weight is 338 g/mol. The molecule has 3 rings (SSSR count). The Morgan fingerprint density at radius 3 is 2.74 bits per heavy atom. The molecule has 0 spiro atoms. The van der Waals surface area contributed by atoms with E-state index in [9.17, 15) is 17.6 Å². The number of halogens is 1. The first kappa shape index (κ1) is 15.7. The Kier molecular flexibility index (Phi) is 4.16. The summed E-state index contributed by atoms with van der Waals surface area (Å²) in [5, 5.41) is 2.53. The maximum absolute atomic E-state index is 14.0. The van der Waals surface area contributed by atoms with Crippen molar-refractivity contribution in [3.8, 4) is 0 Å². The highest BCUT2D eigenvalue weighted by atomic mass is 32.2. The lowest BCUT2D eigenvalue weighted by atomic mass is 10.1. The zero-order chi connectivity index (χ0) is 16.4. The van der Waals surface area contributed by atoms with E-state index < -0.39 is 26.8 Å². The summed E-state index contributed by atoms with van der Waals surface area (Å²) in [7, 11) is -3.55. The molecule has 122 valence electrons. The number of sulfone groups is 1. The van der Waals surface area contributed by atoms with Gasteiger partial charge in [-0.05, 0) is 12.5 Å². The second-order valence-electron chi connectivity index (χ2n) is 5.33. The number of rotatable bonds is 2. The molecule has 2 aromatic rings. The fourth-order valence-electron chi connectivity index (χ4n) is 2.71. The molecule has 1 fully saturated rings. The van der Waals surface area contributed by atoms with E-state index in [4.69, 9.17) is 4.52 Å². The third-order valence-corrected chi connectivity index (χ3v) is 6.04. The molecule has 6 nitrogen and oxygen atoms in total. The number of carbonyl (C=O) groups is 1. The summed E-state index contributed by atoms with van der Waals surface area (Å²) < 4.78 is 43.7. The summed E-state index contributed by atoms with van der Waals surface area (Å²) in [5.41, 5.74) is 0.154. The normalized spacial score (nSPS) is 20.9. The van der Waals surface area contributed by atoms with Crippen molar-refractivity contribution in [1.82, 2.24) is 10.1 Å².